The Kier molecular flexibility index (Phi) is 6.77. The van der Waals surface area contributed by atoms with Crippen LogP contribution in [0.3, 0.4) is 0 Å². The van der Waals surface area contributed by atoms with Crippen LogP contribution in [0.25, 0.3) is 0 Å². The third-order valence-corrected chi connectivity index (χ3v) is 5.26. The summed E-state index contributed by atoms with van der Waals surface area (Å²) in [5, 5.41) is 3.02. The van der Waals surface area contributed by atoms with E-state index in [0.29, 0.717) is 28.8 Å². The zero-order valence-corrected chi connectivity index (χ0v) is 17.3. The number of thiazole rings is 1. The molecule has 3 rings (SSSR count). The summed E-state index contributed by atoms with van der Waals surface area (Å²) in [5.41, 5.74) is 1.03. The summed E-state index contributed by atoms with van der Waals surface area (Å²) in [6.07, 6.45) is -2.53. The molecule has 0 aliphatic carbocycles. The number of benzene rings is 2. The van der Waals surface area contributed by atoms with Crippen molar-refractivity contribution in [2.45, 2.75) is 32.4 Å². The van der Waals surface area contributed by atoms with Gasteiger partial charge in [0.05, 0.1) is 5.56 Å². The molecule has 0 radical (unpaired) electrons. The quantitative estimate of drug-likeness (QED) is 0.504. The van der Waals surface area contributed by atoms with E-state index in [1.54, 1.807) is 12.3 Å². The smallest absolute Gasteiger partial charge is 0.416 e. The number of hydrogen-bond acceptors (Lipinski definition) is 4. The maximum atomic E-state index is 12.8. The molecular weight excluding hydrogens is 413 g/mol. The van der Waals surface area contributed by atoms with E-state index in [1.165, 1.54) is 23.0 Å². The van der Waals surface area contributed by atoms with Crippen LogP contribution in [-0.2, 0) is 17.4 Å². The highest BCUT2D eigenvalue weighted by Gasteiger charge is 2.30. The fourth-order valence-corrected chi connectivity index (χ4v) is 3.62. The van der Waals surface area contributed by atoms with E-state index in [-0.39, 0.29) is 12.5 Å². The molecule has 0 saturated carbocycles. The third kappa shape index (κ3) is 6.06. The first-order valence-electron chi connectivity index (χ1n) is 9.34. The predicted octanol–water partition coefficient (Wildman–Crippen LogP) is 5.89. The number of nitrogens with zero attached hydrogens (tertiary/aromatic N) is 1. The highest BCUT2D eigenvalue weighted by atomic mass is 32.1. The van der Waals surface area contributed by atoms with Crippen LogP contribution in [0.4, 0.5) is 18.3 Å². The molecule has 0 bridgehead atoms. The minimum atomic E-state index is -4.38. The summed E-state index contributed by atoms with van der Waals surface area (Å²) in [4.78, 5) is 17.0. The Labute approximate surface area is 176 Å². The van der Waals surface area contributed by atoms with Crippen molar-refractivity contribution in [3.8, 4) is 5.75 Å². The Bertz CT molecular complexity index is 998. The van der Waals surface area contributed by atoms with Crippen molar-refractivity contribution in [3.63, 3.8) is 0 Å². The lowest BCUT2D eigenvalue weighted by molar-refractivity contribution is -0.137. The highest BCUT2D eigenvalue weighted by Crippen LogP contribution is 2.30. The molecule has 4 nitrogen and oxygen atoms in total. The lowest BCUT2D eigenvalue weighted by Crippen LogP contribution is -2.19. The van der Waals surface area contributed by atoms with Gasteiger partial charge < -0.3 is 4.74 Å². The molecule has 1 aromatic heterocycles. The fraction of sp³-hybridized carbons (Fsp3) is 0.273. The molecule has 0 aliphatic rings. The number of carbonyl (C=O) groups excluding carboxylic acids is 1. The van der Waals surface area contributed by atoms with E-state index in [9.17, 15) is 18.0 Å². The van der Waals surface area contributed by atoms with Crippen molar-refractivity contribution in [3.05, 3.63) is 76.3 Å². The molecule has 1 amide bonds. The lowest BCUT2D eigenvalue weighted by atomic mass is 10.0. The molecule has 0 aliphatic heterocycles. The number of anilines is 1. The number of nitrogens with one attached hydrogen (secondary N) is 1. The van der Waals surface area contributed by atoms with Crippen LogP contribution in [0.15, 0.2) is 54.7 Å². The molecule has 8 heteroatoms. The number of carbonyl (C=O) groups is 1. The molecule has 0 saturated heterocycles. The van der Waals surface area contributed by atoms with Gasteiger partial charge >= 0.3 is 6.18 Å². The van der Waals surface area contributed by atoms with Gasteiger partial charge in [-0.2, -0.15) is 13.2 Å². The molecule has 0 atom stereocenters. The average molecular weight is 434 g/mol. The van der Waals surface area contributed by atoms with E-state index in [2.05, 4.69) is 24.1 Å². The van der Waals surface area contributed by atoms with Gasteiger partial charge in [-0.25, -0.2) is 4.98 Å². The van der Waals surface area contributed by atoms with Crippen molar-refractivity contribution in [2.24, 2.45) is 0 Å². The number of alkyl halides is 3. The molecule has 3 aromatic rings. The van der Waals surface area contributed by atoms with E-state index in [4.69, 9.17) is 4.74 Å². The second kappa shape index (κ2) is 9.30. The number of hydrogen-bond donors (Lipinski definition) is 1. The van der Waals surface area contributed by atoms with Crippen molar-refractivity contribution in [1.29, 1.82) is 0 Å². The molecule has 0 fully saturated rings. The number of rotatable bonds is 7. The van der Waals surface area contributed by atoms with Crippen LogP contribution < -0.4 is 10.1 Å². The van der Waals surface area contributed by atoms with Crippen molar-refractivity contribution >= 4 is 22.4 Å². The Morgan fingerprint density at radius 1 is 1.17 bits per heavy atom. The van der Waals surface area contributed by atoms with Crippen LogP contribution in [0.1, 0.15) is 41.3 Å². The fourth-order valence-electron chi connectivity index (χ4n) is 2.76. The van der Waals surface area contributed by atoms with Gasteiger partial charge in [-0.05, 0) is 35.2 Å². The van der Waals surface area contributed by atoms with Crippen LogP contribution in [0.5, 0.6) is 5.75 Å². The summed E-state index contributed by atoms with van der Waals surface area (Å²) in [7, 11) is 0. The predicted molar refractivity (Wildman–Crippen MR) is 111 cm³/mol. The molecule has 2 aromatic carbocycles. The minimum absolute atomic E-state index is 0.163. The summed E-state index contributed by atoms with van der Waals surface area (Å²) in [5.74, 6) is 0.652. The Morgan fingerprint density at radius 3 is 2.57 bits per heavy atom. The van der Waals surface area contributed by atoms with Crippen LogP contribution in [0, 0.1) is 0 Å². The highest BCUT2D eigenvalue weighted by molar-refractivity contribution is 7.15. The Hall–Kier alpha value is -2.87. The zero-order valence-electron chi connectivity index (χ0n) is 16.5. The molecule has 30 heavy (non-hydrogen) atoms. The molecule has 0 spiro atoms. The Balaban J connectivity index is 1.53. The van der Waals surface area contributed by atoms with Crippen molar-refractivity contribution in [2.75, 3.05) is 11.9 Å². The summed E-state index contributed by atoms with van der Waals surface area (Å²) < 4.78 is 44.0. The van der Waals surface area contributed by atoms with E-state index in [1.807, 2.05) is 24.3 Å². The number of halogens is 3. The SMILES string of the molecule is CC(C)c1ccc(OCC(=O)Nc2ncc(Cc3cccc(C(F)(F)F)c3)s2)cc1. The summed E-state index contributed by atoms with van der Waals surface area (Å²) >= 11 is 1.22. The molecule has 1 N–H and O–H groups in total. The van der Waals surface area contributed by atoms with Gasteiger partial charge in [0.2, 0.25) is 0 Å². The minimum Gasteiger partial charge on any atom is -0.484 e. The first kappa shape index (κ1) is 21.8. The lowest BCUT2D eigenvalue weighted by Gasteiger charge is -2.08. The van der Waals surface area contributed by atoms with Crippen molar-refractivity contribution < 1.29 is 22.7 Å². The van der Waals surface area contributed by atoms with Gasteiger partial charge in [-0.15, -0.1) is 11.3 Å². The molecule has 0 unspecified atom stereocenters. The third-order valence-electron chi connectivity index (χ3n) is 4.35. The summed E-state index contributed by atoms with van der Waals surface area (Å²) in [6, 6.07) is 12.7. The van der Waals surface area contributed by atoms with E-state index in [0.717, 1.165) is 17.0 Å². The van der Waals surface area contributed by atoms with Gasteiger partial charge in [0.15, 0.2) is 11.7 Å². The second-order valence-corrected chi connectivity index (χ2v) is 8.18. The molecule has 1 heterocycles. The maximum absolute atomic E-state index is 12.8. The first-order chi connectivity index (χ1) is 14.2. The van der Waals surface area contributed by atoms with Gasteiger partial charge in [-0.1, -0.05) is 44.2 Å². The maximum Gasteiger partial charge on any atom is 0.416 e. The standard InChI is InChI=1S/C22H21F3N2O2S/c1-14(2)16-6-8-18(9-7-16)29-13-20(28)27-21-26-12-19(30-21)11-15-4-3-5-17(10-15)22(23,24)25/h3-10,12,14H,11,13H2,1-2H3,(H,26,27,28). The van der Waals surface area contributed by atoms with Crippen molar-refractivity contribution in [1.82, 2.24) is 4.98 Å². The van der Waals surface area contributed by atoms with Gasteiger partial charge in [0.25, 0.3) is 5.91 Å². The van der Waals surface area contributed by atoms with Gasteiger partial charge in [0, 0.05) is 17.5 Å². The first-order valence-corrected chi connectivity index (χ1v) is 10.2. The molecule has 158 valence electrons. The van der Waals surface area contributed by atoms with Crippen LogP contribution >= 0.6 is 11.3 Å². The van der Waals surface area contributed by atoms with E-state index >= 15 is 0 Å². The number of ether oxygens (including phenoxy) is 1. The largest absolute Gasteiger partial charge is 0.484 e. The number of amides is 1. The average Bonchev–Trinajstić information content (AvgIpc) is 3.13. The molecular formula is C22H21F3N2O2S. The topological polar surface area (TPSA) is 51.2 Å². The normalized spacial score (nSPS) is 11.5. The summed E-state index contributed by atoms with van der Waals surface area (Å²) in [6.45, 7) is 4.03. The van der Waals surface area contributed by atoms with E-state index < -0.39 is 11.7 Å². The van der Waals surface area contributed by atoms with Gasteiger partial charge in [0.1, 0.15) is 5.75 Å². The van der Waals surface area contributed by atoms with Gasteiger partial charge in [-0.3, -0.25) is 10.1 Å². The van der Waals surface area contributed by atoms with Crippen LogP contribution in [0.2, 0.25) is 0 Å². The number of aromatic nitrogens is 1. The zero-order chi connectivity index (χ0) is 21.7. The monoisotopic (exact) mass is 434 g/mol. The van der Waals surface area contributed by atoms with Crippen LogP contribution in [-0.4, -0.2) is 17.5 Å². The Morgan fingerprint density at radius 2 is 1.90 bits per heavy atom. The second-order valence-electron chi connectivity index (χ2n) is 7.07.